The van der Waals surface area contributed by atoms with Crippen LogP contribution in [0.2, 0.25) is 0 Å². The van der Waals surface area contributed by atoms with E-state index in [1.54, 1.807) is 0 Å². The molecule has 0 radical (unpaired) electrons. The summed E-state index contributed by atoms with van der Waals surface area (Å²) in [6, 6.07) is 0. The average Bonchev–Trinajstić information content (AvgIpc) is 2.33. The predicted molar refractivity (Wildman–Crippen MR) is 41.6 cm³/mol. The summed E-state index contributed by atoms with van der Waals surface area (Å²) in [7, 11) is 0. The molecule has 2 atom stereocenters. The van der Waals surface area contributed by atoms with E-state index in [1.165, 1.54) is 31.6 Å². The molecule has 2 heteroatoms. The molecule has 0 amide bonds. The first-order valence-corrected chi connectivity index (χ1v) is 4.87. The fourth-order valence-electron chi connectivity index (χ4n) is 1.76. The van der Waals surface area contributed by atoms with Gasteiger partial charge in [0, 0.05) is 0 Å². The third-order valence-corrected chi connectivity index (χ3v) is 3.69. The van der Waals surface area contributed by atoms with Gasteiger partial charge < -0.3 is 5.32 Å². The lowest BCUT2D eigenvalue weighted by molar-refractivity contribution is 0.360. The molecule has 2 saturated heterocycles. The maximum absolute atomic E-state index is 3.54. The van der Waals surface area contributed by atoms with Gasteiger partial charge in [0.05, 0.1) is 5.37 Å². The molecular weight excluding hydrogens is 130 g/mol. The zero-order chi connectivity index (χ0) is 6.10. The Kier molecular flexibility index (Phi) is 1.68. The molecule has 0 saturated carbocycles. The van der Waals surface area contributed by atoms with Crippen molar-refractivity contribution in [2.24, 2.45) is 5.92 Å². The van der Waals surface area contributed by atoms with Crippen LogP contribution in [0, 0.1) is 5.92 Å². The molecule has 2 rings (SSSR count). The molecule has 2 heterocycles. The highest BCUT2D eigenvalue weighted by Gasteiger charge is 2.29. The number of rotatable bonds is 0. The van der Waals surface area contributed by atoms with E-state index in [9.17, 15) is 0 Å². The zero-order valence-electron chi connectivity index (χ0n) is 5.60. The molecule has 0 aliphatic carbocycles. The normalized spacial score (nSPS) is 42.7. The van der Waals surface area contributed by atoms with Gasteiger partial charge in [-0.2, -0.15) is 0 Å². The molecule has 2 aliphatic rings. The Balaban J connectivity index is 1.97. The van der Waals surface area contributed by atoms with Crippen molar-refractivity contribution in [1.29, 1.82) is 0 Å². The SMILES string of the molecule is C1CNC2SCCC2C1. The second kappa shape index (κ2) is 2.51. The third-order valence-electron chi connectivity index (χ3n) is 2.31. The molecule has 0 bridgehead atoms. The Morgan fingerprint density at radius 3 is 3.22 bits per heavy atom. The molecule has 52 valence electrons. The Bertz CT molecular complexity index is 93.1. The van der Waals surface area contributed by atoms with E-state index >= 15 is 0 Å². The molecule has 1 nitrogen and oxygen atoms in total. The summed E-state index contributed by atoms with van der Waals surface area (Å²) in [5, 5.41) is 4.38. The molecule has 2 aliphatic heterocycles. The Morgan fingerprint density at radius 1 is 1.33 bits per heavy atom. The molecule has 0 aromatic carbocycles. The quantitative estimate of drug-likeness (QED) is 0.551. The summed E-state index contributed by atoms with van der Waals surface area (Å²) in [6.07, 6.45) is 4.34. The monoisotopic (exact) mass is 143 g/mol. The lowest BCUT2D eigenvalue weighted by atomic mass is 9.97. The topological polar surface area (TPSA) is 12.0 Å². The van der Waals surface area contributed by atoms with Crippen molar-refractivity contribution in [3.63, 3.8) is 0 Å². The number of fused-ring (bicyclic) bond motifs is 1. The van der Waals surface area contributed by atoms with E-state index in [0.29, 0.717) is 0 Å². The minimum atomic E-state index is 0.832. The highest BCUT2D eigenvalue weighted by atomic mass is 32.2. The number of thioether (sulfide) groups is 1. The first-order chi connectivity index (χ1) is 4.47. The smallest absolute Gasteiger partial charge is 0.0561 e. The fraction of sp³-hybridized carbons (Fsp3) is 1.00. The van der Waals surface area contributed by atoms with Gasteiger partial charge in [-0.05, 0) is 37.5 Å². The summed E-state index contributed by atoms with van der Waals surface area (Å²) in [5.41, 5.74) is 0. The van der Waals surface area contributed by atoms with Crippen LogP contribution in [-0.2, 0) is 0 Å². The van der Waals surface area contributed by atoms with E-state index in [-0.39, 0.29) is 0 Å². The summed E-state index contributed by atoms with van der Waals surface area (Å²) in [6.45, 7) is 1.26. The first-order valence-electron chi connectivity index (χ1n) is 3.82. The maximum atomic E-state index is 3.54. The van der Waals surface area contributed by atoms with Crippen LogP contribution in [0.3, 0.4) is 0 Å². The third kappa shape index (κ3) is 1.10. The molecule has 2 unspecified atom stereocenters. The summed E-state index contributed by atoms with van der Waals surface area (Å²) in [5.74, 6) is 2.41. The molecule has 0 aromatic rings. The van der Waals surface area contributed by atoms with Crippen molar-refractivity contribution < 1.29 is 0 Å². The van der Waals surface area contributed by atoms with Crippen LogP contribution in [0.15, 0.2) is 0 Å². The second-order valence-electron chi connectivity index (χ2n) is 2.94. The molecule has 9 heavy (non-hydrogen) atoms. The van der Waals surface area contributed by atoms with Crippen molar-refractivity contribution in [2.75, 3.05) is 12.3 Å². The van der Waals surface area contributed by atoms with E-state index in [2.05, 4.69) is 17.1 Å². The van der Waals surface area contributed by atoms with Crippen molar-refractivity contribution in [3.05, 3.63) is 0 Å². The average molecular weight is 143 g/mol. The van der Waals surface area contributed by atoms with Gasteiger partial charge >= 0.3 is 0 Å². The van der Waals surface area contributed by atoms with Gasteiger partial charge in [-0.3, -0.25) is 0 Å². The van der Waals surface area contributed by atoms with Crippen LogP contribution in [0.25, 0.3) is 0 Å². The van der Waals surface area contributed by atoms with Crippen LogP contribution in [0.1, 0.15) is 19.3 Å². The predicted octanol–water partition coefficient (Wildman–Crippen LogP) is 1.45. The van der Waals surface area contributed by atoms with Gasteiger partial charge in [0.15, 0.2) is 0 Å². The number of piperidine rings is 1. The van der Waals surface area contributed by atoms with Gasteiger partial charge in [-0.25, -0.2) is 0 Å². The van der Waals surface area contributed by atoms with Gasteiger partial charge in [0.25, 0.3) is 0 Å². The van der Waals surface area contributed by atoms with E-state index in [0.717, 1.165) is 11.3 Å². The van der Waals surface area contributed by atoms with Gasteiger partial charge in [-0.15, -0.1) is 11.8 Å². The Labute approximate surface area is 60.6 Å². The highest BCUT2D eigenvalue weighted by molar-refractivity contribution is 8.00. The van der Waals surface area contributed by atoms with E-state index in [1.807, 2.05) is 0 Å². The van der Waals surface area contributed by atoms with Crippen molar-refractivity contribution in [3.8, 4) is 0 Å². The number of hydrogen-bond acceptors (Lipinski definition) is 2. The summed E-state index contributed by atoms with van der Waals surface area (Å²) >= 11 is 2.12. The molecule has 0 aromatic heterocycles. The lowest BCUT2D eigenvalue weighted by Crippen LogP contribution is -2.35. The second-order valence-corrected chi connectivity index (χ2v) is 4.19. The van der Waals surface area contributed by atoms with Crippen molar-refractivity contribution >= 4 is 11.8 Å². The fourth-order valence-corrected chi connectivity index (χ4v) is 3.24. The largest absolute Gasteiger partial charge is 0.305 e. The van der Waals surface area contributed by atoms with Crippen LogP contribution in [0.5, 0.6) is 0 Å². The highest BCUT2D eigenvalue weighted by Crippen LogP contribution is 2.35. The van der Waals surface area contributed by atoms with Gasteiger partial charge in [0.1, 0.15) is 0 Å². The van der Waals surface area contributed by atoms with Crippen LogP contribution in [-0.4, -0.2) is 17.7 Å². The van der Waals surface area contributed by atoms with Crippen LogP contribution in [0.4, 0.5) is 0 Å². The maximum Gasteiger partial charge on any atom is 0.0561 e. The zero-order valence-corrected chi connectivity index (χ0v) is 6.41. The van der Waals surface area contributed by atoms with Gasteiger partial charge in [0.2, 0.25) is 0 Å². The summed E-state index contributed by atoms with van der Waals surface area (Å²) < 4.78 is 0. The van der Waals surface area contributed by atoms with Gasteiger partial charge in [-0.1, -0.05) is 0 Å². The molecule has 0 spiro atoms. The Hall–Kier alpha value is 0.310. The van der Waals surface area contributed by atoms with Crippen LogP contribution >= 0.6 is 11.8 Å². The van der Waals surface area contributed by atoms with Crippen molar-refractivity contribution in [1.82, 2.24) is 5.32 Å². The number of hydrogen-bond donors (Lipinski definition) is 1. The minimum Gasteiger partial charge on any atom is -0.305 e. The van der Waals surface area contributed by atoms with Crippen LogP contribution < -0.4 is 5.32 Å². The Morgan fingerprint density at radius 2 is 2.33 bits per heavy atom. The molecule has 2 fully saturated rings. The van der Waals surface area contributed by atoms with Crippen molar-refractivity contribution in [2.45, 2.75) is 24.6 Å². The standard InChI is InChI=1S/C7H13NS/c1-2-6-3-5-9-7(6)8-4-1/h6-8H,1-5H2. The first kappa shape index (κ1) is 6.05. The lowest BCUT2D eigenvalue weighted by Gasteiger charge is -2.25. The summed E-state index contributed by atoms with van der Waals surface area (Å²) in [4.78, 5) is 0. The van der Waals surface area contributed by atoms with E-state index < -0.39 is 0 Å². The molecule has 1 N–H and O–H groups in total. The minimum absolute atomic E-state index is 0.832. The number of nitrogens with one attached hydrogen (secondary N) is 1. The van der Waals surface area contributed by atoms with E-state index in [4.69, 9.17) is 0 Å². The molecular formula is C7H13NS.